The molecule has 2 saturated heterocycles. The van der Waals surface area contributed by atoms with Crippen LogP contribution in [0.4, 0.5) is 14.9 Å². The Bertz CT molecular complexity index is 592. The summed E-state index contributed by atoms with van der Waals surface area (Å²) in [5.74, 6) is -2.08. The molecule has 0 aliphatic carbocycles. The molecule has 3 unspecified atom stereocenters. The third kappa shape index (κ3) is 2.69. The summed E-state index contributed by atoms with van der Waals surface area (Å²) in [7, 11) is 0. The molecule has 2 bridgehead atoms. The van der Waals surface area contributed by atoms with Gasteiger partial charge in [0.15, 0.2) is 0 Å². The van der Waals surface area contributed by atoms with Crippen LogP contribution in [0.15, 0.2) is 18.2 Å². The van der Waals surface area contributed by atoms with Gasteiger partial charge in [0.25, 0.3) is 0 Å². The van der Waals surface area contributed by atoms with Crippen LogP contribution >= 0.6 is 0 Å². The van der Waals surface area contributed by atoms with Crippen molar-refractivity contribution in [1.29, 1.82) is 0 Å². The van der Waals surface area contributed by atoms with Gasteiger partial charge in [0.2, 0.25) is 0 Å². The Morgan fingerprint density at radius 1 is 1.33 bits per heavy atom. The number of ether oxygens (including phenoxy) is 1. The number of amides is 2. The summed E-state index contributed by atoms with van der Waals surface area (Å²) in [6.07, 6.45) is 2.82. The van der Waals surface area contributed by atoms with E-state index in [1.54, 1.807) is 0 Å². The van der Waals surface area contributed by atoms with Crippen molar-refractivity contribution in [2.75, 3.05) is 5.32 Å². The Morgan fingerprint density at radius 2 is 2.14 bits per heavy atom. The predicted molar refractivity (Wildman–Crippen MR) is 71.8 cm³/mol. The maximum atomic E-state index is 13.7. The van der Waals surface area contributed by atoms with E-state index in [9.17, 15) is 14.0 Å². The molecule has 2 aliphatic heterocycles. The summed E-state index contributed by atoms with van der Waals surface area (Å²) in [5, 5.41) is 14.0. The van der Waals surface area contributed by atoms with E-state index in [1.165, 1.54) is 12.1 Å². The largest absolute Gasteiger partial charge is 0.478 e. The van der Waals surface area contributed by atoms with Gasteiger partial charge in [0, 0.05) is 0 Å². The van der Waals surface area contributed by atoms with E-state index >= 15 is 0 Å². The van der Waals surface area contributed by atoms with Crippen LogP contribution in [0, 0.1) is 5.82 Å². The van der Waals surface area contributed by atoms with Gasteiger partial charge < -0.3 is 20.5 Å². The second-order valence-corrected chi connectivity index (χ2v) is 5.28. The topological polar surface area (TPSA) is 87.7 Å². The first-order valence-corrected chi connectivity index (χ1v) is 6.79. The lowest BCUT2D eigenvalue weighted by Crippen LogP contribution is -2.43. The lowest BCUT2D eigenvalue weighted by atomic mass is 9.96. The fourth-order valence-corrected chi connectivity index (χ4v) is 2.94. The molecular weight excluding hydrogens is 279 g/mol. The first kappa shape index (κ1) is 13.8. The van der Waals surface area contributed by atoms with Crippen molar-refractivity contribution in [2.45, 2.75) is 37.5 Å². The molecule has 3 atom stereocenters. The minimum Gasteiger partial charge on any atom is -0.478 e. The molecule has 2 amide bonds. The zero-order valence-electron chi connectivity index (χ0n) is 11.1. The molecule has 7 heteroatoms. The summed E-state index contributed by atoms with van der Waals surface area (Å²) in [4.78, 5) is 23.0. The lowest BCUT2D eigenvalue weighted by molar-refractivity contribution is 0.0697. The van der Waals surface area contributed by atoms with Gasteiger partial charge in [-0.05, 0) is 31.4 Å². The molecule has 0 radical (unpaired) electrons. The van der Waals surface area contributed by atoms with E-state index in [0.29, 0.717) is 0 Å². The maximum Gasteiger partial charge on any atom is 0.337 e. The quantitative estimate of drug-likeness (QED) is 0.795. The molecule has 1 aromatic carbocycles. The number of carboxylic acids is 1. The third-order valence-corrected chi connectivity index (χ3v) is 3.91. The van der Waals surface area contributed by atoms with Crippen molar-refractivity contribution in [3.8, 4) is 0 Å². The van der Waals surface area contributed by atoms with Crippen LogP contribution < -0.4 is 10.6 Å². The zero-order chi connectivity index (χ0) is 15.0. The molecule has 112 valence electrons. The van der Waals surface area contributed by atoms with E-state index in [4.69, 9.17) is 9.84 Å². The van der Waals surface area contributed by atoms with Crippen LogP contribution in [0.2, 0.25) is 0 Å². The lowest BCUT2D eigenvalue weighted by Gasteiger charge is -2.20. The number of aromatic carboxylic acids is 1. The van der Waals surface area contributed by atoms with Crippen molar-refractivity contribution >= 4 is 17.7 Å². The summed E-state index contributed by atoms with van der Waals surface area (Å²) < 4.78 is 19.3. The van der Waals surface area contributed by atoms with Crippen molar-refractivity contribution in [3.63, 3.8) is 0 Å². The van der Waals surface area contributed by atoms with E-state index < -0.39 is 17.8 Å². The first-order valence-electron chi connectivity index (χ1n) is 6.79. The van der Waals surface area contributed by atoms with E-state index in [2.05, 4.69) is 10.6 Å². The molecule has 2 heterocycles. The average molecular weight is 294 g/mol. The van der Waals surface area contributed by atoms with E-state index in [1.807, 2.05) is 0 Å². The standard InChI is InChI=1S/C14H15FN2O4/c15-9-3-1-2-8(13(18)19)12(9)17-14(20)16-10-6-7-4-5-11(10)21-7/h1-3,7,10-11H,4-6H2,(H,18,19)(H2,16,17,20). The number of carbonyl (C=O) groups is 2. The van der Waals surface area contributed by atoms with E-state index in [-0.39, 0.29) is 29.5 Å². The number of para-hydroxylation sites is 1. The van der Waals surface area contributed by atoms with Gasteiger partial charge in [-0.25, -0.2) is 14.0 Å². The SMILES string of the molecule is O=C(Nc1c(F)cccc1C(=O)O)NC1CC2CCC1O2. The summed E-state index contributed by atoms with van der Waals surface area (Å²) in [5.41, 5.74) is -0.610. The average Bonchev–Trinajstić information content (AvgIpc) is 3.03. The fraction of sp³-hybridized carbons (Fsp3) is 0.429. The summed E-state index contributed by atoms with van der Waals surface area (Å²) >= 11 is 0. The van der Waals surface area contributed by atoms with Crippen LogP contribution in [0.1, 0.15) is 29.6 Å². The third-order valence-electron chi connectivity index (χ3n) is 3.91. The van der Waals surface area contributed by atoms with Crippen LogP contribution in [-0.4, -0.2) is 35.4 Å². The minimum atomic E-state index is -1.30. The van der Waals surface area contributed by atoms with Crippen molar-refractivity contribution in [1.82, 2.24) is 5.32 Å². The number of carboxylic acid groups (broad SMARTS) is 1. The number of halogens is 1. The fourth-order valence-electron chi connectivity index (χ4n) is 2.94. The highest BCUT2D eigenvalue weighted by molar-refractivity contribution is 6.00. The van der Waals surface area contributed by atoms with Gasteiger partial charge >= 0.3 is 12.0 Å². The summed E-state index contributed by atoms with van der Waals surface area (Å²) in [6.45, 7) is 0. The Labute approximate surface area is 120 Å². The molecule has 3 rings (SSSR count). The highest BCUT2D eigenvalue weighted by Crippen LogP contribution is 2.34. The molecule has 2 fully saturated rings. The molecule has 2 aliphatic rings. The van der Waals surface area contributed by atoms with E-state index in [0.717, 1.165) is 25.3 Å². The van der Waals surface area contributed by atoms with Crippen LogP contribution in [0.25, 0.3) is 0 Å². The van der Waals surface area contributed by atoms with Gasteiger partial charge in [-0.1, -0.05) is 6.07 Å². The zero-order valence-corrected chi connectivity index (χ0v) is 11.1. The van der Waals surface area contributed by atoms with Crippen molar-refractivity contribution < 1.29 is 23.8 Å². The predicted octanol–water partition coefficient (Wildman–Crippen LogP) is 1.97. The number of hydrogen-bond acceptors (Lipinski definition) is 3. The van der Waals surface area contributed by atoms with Gasteiger partial charge in [-0.15, -0.1) is 0 Å². The Kier molecular flexibility index (Phi) is 3.50. The van der Waals surface area contributed by atoms with Crippen LogP contribution in [0.5, 0.6) is 0 Å². The second-order valence-electron chi connectivity index (χ2n) is 5.28. The normalized spacial score (nSPS) is 26.6. The number of benzene rings is 1. The highest BCUT2D eigenvalue weighted by Gasteiger charge is 2.41. The molecule has 0 spiro atoms. The molecule has 0 saturated carbocycles. The molecule has 21 heavy (non-hydrogen) atoms. The number of nitrogens with one attached hydrogen (secondary N) is 2. The molecule has 1 aromatic rings. The van der Waals surface area contributed by atoms with Gasteiger partial charge in [-0.2, -0.15) is 0 Å². The van der Waals surface area contributed by atoms with Crippen LogP contribution in [-0.2, 0) is 4.74 Å². The number of fused-ring (bicyclic) bond motifs is 2. The monoisotopic (exact) mass is 294 g/mol. The number of anilines is 1. The maximum absolute atomic E-state index is 13.7. The minimum absolute atomic E-state index is 0.000291. The van der Waals surface area contributed by atoms with Gasteiger partial charge in [-0.3, -0.25) is 0 Å². The number of rotatable bonds is 3. The van der Waals surface area contributed by atoms with Gasteiger partial charge in [0.05, 0.1) is 29.5 Å². The highest BCUT2D eigenvalue weighted by atomic mass is 19.1. The molecule has 0 aromatic heterocycles. The molecule has 6 nitrogen and oxygen atoms in total. The summed E-state index contributed by atoms with van der Waals surface area (Å²) in [6, 6.07) is 2.89. The molecule has 3 N–H and O–H groups in total. The Hall–Kier alpha value is -2.15. The number of urea groups is 1. The number of carbonyl (C=O) groups excluding carboxylic acids is 1. The Balaban J connectivity index is 1.69. The number of hydrogen-bond donors (Lipinski definition) is 3. The Morgan fingerprint density at radius 3 is 2.76 bits per heavy atom. The second kappa shape index (κ2) is 5.33. The van der Waals surface area contributed by atoms with Gasteiger partial charge in [0.1, 0.15) is 5.82 Å². The molecular formula is C14H15FN2O4. The smallest absolute Gasteiger partial charge is 0.337 e. The van der Waals surface area contributed by atoms with Crippen molar-refractivity contribution in [2.24, 2.45) is 0 Å². The first-order chi connectivity index (χ1) is 10.0. The van der Waals surface area contributed by atoms with Crippen molar-refractivity contribution in [3.05, 3.63) is 29.6 Å². The van der Waals surface area contributed by atoms with Crippen LogP contribution in [0.3, 0.4) is 0 Å².